The lowest BCUT2D eigenvalue weighted by Crippen LogP contribution is -2.21. The average Bonchev–Trinajstić information content (AvgIpc) is 2.46. The molecule has 0 aromatic heterocycles. The van der Waals surface area contributed by atoms with E-state index in [0.29, 0.717) is 5.92 Å². The van der Waals surface area contributed by atoms with Crippen molar-refractivity contribution in [2.75, 3.05) is 13.0 Å². The van der Waals surface area contributed by atoms with Gasteiger partial charge >= 0.3 is 0 Å². The molecule has 1 aliphatic rings. The molecule has 0 amide bonds. The number of halogens is 1. The van der Waals surface area contributed by atoms with Crippen molar-refractivity contribution in [2.45, 2.75) is 38.5 Å². The summed E-state index contributed by atoms with van der Waals surface area (Å²) in [6, 6.07) is 8.32. The van der Waals surface area contributed by atoms with Crippen molar-refractivity contribution in [1.82, 2.24) is 0 Å². The molecule has 1 saturated carbocycles. The van der Waals surface area contributed by atoms with Crippen LogP contribution in [0.1, 0.15) is 37.7 Å². The number of rotatable bonds is 5. The Morgan fingerprint density at radius 3 is 2.61 bits per heavy atom. The first-order chi connectivity index (χ1) is 8.85. The monoisotopic (exact) mass is 266 g/mol. The van der Waals surface area contributed by atoms with E-state index in [-0.39, 0.29) is 0 Å². The highest BCUT2D eigenvalue weighted by molar-refractivity contribution is 6.18. The predicted molar refractivity (Wildman–Crippen MR) is 77.5 cm³/mol. The average molecular weight is 267 g/mol. The first kappa shape index (κ1) is 13.7. The summed E-state index contributed by atoms with van der Waals surface area (Å²) in [6.45, 7) is 0. The zero-order chi connectivity index (χ0) is 12.8. The van der Waals surface area contributed by atoms with Crippen LogP contribution in [0.4, 0.5) is 0 Å². The van der Waals surface area contributed by atoms with Crippen LogP contribution in [-0.2, 0) is 6.42 Å². The lowest BCUT2D eigenvalue weighted by Gasteiger charge is -2.29. The zero-order valence-corrected chi connectivity index (χ0v) is 12.0. The van der Waals surface area contributed by atoms with E-state index in [1.807, 2.05) is 12.1 Å². The van der Waals surface area contributed by atoms with E-state index in [4.69, 9.17) is 16.3 Å². The smallest absolute Gasteiger partial charge is 0.122 e. The molecule has 0 aliphatic heterocycles. The topological polar surface area (TPSA) is 9.23 Å². The predicted octanol–water partition coefficient (Wildman–Crippen LogP) is 4.67. The molecule has 1 aliphatic carbocycles. The van der Waals surface area contributed by atoms with Gasteiger partial charge in [-0.2, -0.15) is 0 Å². The van der Waals surface area contributed by atoms with Gasteiger partial charge < -0.3 is 4.74 Å². The van der Waals surface area contributed by atoms with Crippen molar-refractivity contribution < 1.29 is 4.74 Å². The Labute approximate surface area is 115 Å². The van der Waals surface area contributed by atoms with E-state index in [9.17, 15) is 0 Å². The minimum Gasteiger partial charge on any atom is -0.496 e. The number of alkyl halides is 1. The van der Waals surface area contributed by atoms with Crippen LogP contribution in [0.25, 0.3) is 0 Å². The first-order valence-electron chi connectivity index (χ1n) is 7.03. The fourth-order valence-corrected chi connectivity index (χ4v) is 3.47. The first-order valence-corrected chi connectivity index (χ1v) is 7.56. The molecule has 1 aromatic carbocycles. The summed E-state index contributed by atoms with van der Waals surface area (Å²) < 4.78 is 5.43. The maximum Gasteiger partial charge on any atom is 0.122 e. The van der Waals surface area contributed by atoms with Gasteiger partial charge in [0.25, 0.3) is 0 Å². The van der Waals surface area contributed by atoms with Crippen molar-refractivity contribution in [3.8, 4) is 5.75 Å². The summed E-state index contributed by atoms with van der Waals surface area (Å²) in [5.74, 6) is 3.18. The lowest BCUT2D eigenvalue weighted by molar-refractivity contribution is 0.263. The third-order valence-electron chi connectivity index (χ3n) is 4.19. The van der Waals surface area contributed by atoms with Crippen molar-refractivity contribution in [3.05, 3.63) is 29.8 Å². The molecule has 1 unspecified atom stereocenters. The molecule has 0 spiro atoms. The van der Waals surface area contributed by atoms with Gasteiger partial charge in [-0.1, -0.05) is 50.3 Å². The maximum atomic E-state index is 6.21. The zero-order valence-electron chi connectivity index (χ0n) is 11.2. The Balaban J connectivity index is 2.04. The molecule has 0 saturated heterocycles. The van der Waals surface area contributed by atoms with Crippen LogP contribution in [-0.4, -0.2) is 13.0 Å². The summed E-state index contributed by atoms with van der Waals surface area (Å²) in [5, 5.41) is 0. The molecule has 0 bridgehead atoms. The lowest BCUT2D eigenvalue weighted by atomic mass is 9.78. The molecule has 0 radical (unpaired) electrons. The van der Waals surface area contributed by atoms with Crippen LogP contribution in [0.2, 0.25) is 0 Å². The van der Waals surface area contributed by atoms with E-state index >= 15 is 0 Å². The Morgan fingerprint density at radius 1 is 1.22 bits per heavy atom. The second-order valence-corrected chi connectivity index (χ2v) is 5.64. The van der Waals surface area contributed by atoms with E-state index in [1.54, 1.807) is 7.11 Å². The number of benzene rings is 1. The van der Waals surface area contributed by atoms with Gasteiger partial charge in [-0.25, -0.2) is 0 Å². The standard InChI is InChI=1S/C16H23ClO/c1-18-16-10-6-5-9-14(16)11-15(12-17)13-7-3-2-4-8-13/h5-6,9-10,13,15H,2-4,7-8,11-12H2,1H3. The third-order valence-corrected chi connectivity index (χ3v) is 4.59. The normalized spacial score (nSPS) is 18.6. The van der Waals surface area contributed by atoms with Crippen LogP contribution < -0.4 is 4.74 Å². The number of ether oxygens (including phenoxy) is 1. The van der Waals surface area contributed by atoms with Gasteiger partial charge in [0.2, 0.25) is 0 Å². The van der Waals surface area contributed by atoms with Gasteiger partial charge in [-0.05, 0) is 29.9 Å². The van der Waals surface area contributed by atoms with Gasteiger partial charge in [-0.3, -0.25) is 0 Å². The number of methoxy groups -OCH3 is 1. The van der Waals surface area contributed by atoms with E-state index < -0.39 is 0 Å². The van der Waals surface area contributed by atoms with Gasteiger partial charge in [0.1, 0.15) is 5.75 Å². The summed E-state index contributed by atoms with van der Waals surface area (Å²) >= 11 is 6.21. The molecule has 18 heavy (non-hydrogen) atoms. The third kappa shape index (κ3) is 3.41. The molecule has 1 atom stereocenters. The number of hydrogen-bond acceptors (Lipinski definition) is 1. The highest BCUT2D eigenvalue weighted by atomic mass is 35.5. The fourth-order valence-electron chi connectivity index (χ4n) is 3.11. The quantitative estimate of drug-likeness (QED) is 0.704. The van der Waals surface area contributed by atoms with Crippen molar-refractivity contribution in [1.29, 1.82) is 0 Å². The summed E-state index contributed by atoms with van der Waals surface area (Å²) in [5.41, 5.74) is 1.30. The minimum atomic E-state index is 0.600. The minimum absolute atomic E-state index is 0.600. The Bertz CT molecular complexity index is 358. The highest BCUT2D eigenvalue weighted by Crippen LogP contribution is 2.34. The SMILES string of the molecule is COc1ccccc1CC(CCl)C1CCCCC1. The Hall–Kier alpha value is -0.690. The molecule has 1 nitrogen and oxygen atoms in total. The molecule has 0 heterocycles. The summed E-state index contributed by atoms with van der Waals surface area (Å²) in [6.07, 6.45) is 7.92. The molecule has 2 rings (SSSR count). The van der Waals surface area contributed by atoms with Crippen LogP contribution in [0.5, 0.6) is 5.75 Å². The van der Waals surface area contributed by atoms with Gasteiger partial charge in [0, 0.05) is 5.88 Å². The second kappa shape index (κ2) is 7.04. The van der Waals surface area contributed by atoms with Gasteiger partial charge in [-0.15, -0.1) is 11.6 Å². The molecule has 100 valence electrons. The molecule has 1 fully saturated rings. The summed E-state index contributed by atoms with van der Waals surface area (Å²) in [4.78, 5) is 0. The van der Waals surface area contributed by atoms with Crippen LogP contribution in [0.15, 0.2) is 24.3 Å². The largest absolute Gasteiger partial charge is 0.496 e. The number of para-hydroxylation sites is 1. The molecule has 2 heteroatoms. The van der Waals surface area contributed by atoms with Crippen molar-refractivity contribution >= 4 is 11.6 Å². The molecular weight excluding hydrogens is 244 g/mol. The Kier molecular flexibility index (Phi) is 5.37. The maximum absolute atomic E-state index is 6.21. The van der Waals surface area contributed by atoms with E-state index in [1.165, 1.54) is 37.7 Å². The van der Waals surface area contributed by atoms with E-state index in [2.05, 4.69) is 12.1 Å². The fraction of sp³-hybridized carbons (Fsp3) is 0.625. The second-order valence-electron chi connectivity index (χ2n) is 5.33. The summed E-state index contributed by atoms with van der Waals surface area (Å²) in [7, 11) is 1.75. The van der Waals surface area contributed by atoms with Crippen LogP contribution in [0.3, 0.4) is 0 Å². The Morgan fingerprint density at radius 2 is 1.94 bits per heavy atom. The van der Waals surface area contributed by atoms with Crippen LogP contribution in [0, 0.1) is 11.8 Å². The molecule has 1 aromatic rings. The van der Waals surface area contributed by atoms with Crippen LogP contribution >= 0.6 is 11.6 Å². The highest BCUT2D eigenvalue weighted by Gasteiger charge is 2.23. The van der Waals surface area contributed by atoms with Gasteiger partial charge in [0.15, 0.2) is 0 Å². The van der Waals surface area contributed by atoms with Gasteiger partial charge in [0.05, 0.1) is 7.11 Å². The number of hydrogen-bond donors (Lipinski definition) is 0. The van der Waals surface area contributed by atoms with Crippen molar-refractivity contribution in [2.24, 2.45) is 11.8 Å². The van der Waals surface area contributed by atoms with Crippen molar-refractivity contribution in [3.63, 3.8) is 0 Å². The molecule has 0 N–H and O–H groups in total. The molecular formula is C16H23ClO. The van der Waals surface area contributed by atoms with E-state index in [0.717, 1.165) is 24.0 Å².